The molecule has 0 spiro atoms. The first-order chi connectivity index (χ1) is 14.1. The molecule has 2 heterocycles. The van der Waals surface area contributed by atoms with Gasteiger partial charge in [0.25, 0.3) is 0 Å². The lowest BCUT2D eigenvalue weighted by Crippen LogP contribution is -2.52. The number of nitrogens with zero attached hydrogens (tertiary/aromatic N) is 2. The number of likely N-dealkylation sites (tertiary alicyclic amines) is 1. The molecular formula is C22H34Cl2N4O. The van der Waals surface area contributed by atoms with E-state index in [1.165, 1.54) is 13.0 Å². The molecule has 162 valence electrons. The van der Waals surface area contributed by atoms with Gasteiger partial charge in [0.1, 0.15) is 0 Å². The number of hydrogen-bond acceptors (Lipinski definition) is 3. The average molecular weight is 441 g/mol. The minimum atomic E-state index is -0.0813. The van der Waals surface area contributed by atoms with Crippen molar-refractivity contribution in [1.82, 2.24) is 15.5 Å². The van der Waals surface area contributed by atoms with Gasteiger partial charge in [-0.05, 0) is 56.3 Å². The second kappa shape index (κ2) is 10.9. The third kappa shape index (κ3) is 6.00. The summed E-state index contributed by atoms with van der Waals surface area (Å²) >= 11 is 12.7. The fourth-order valence-corrected chi connectivity index (χ4v) is 5.09. The van der Waals surface area contributed by atoms with Crippen LogP contribution in [0.15, 0.2) is 23.2 Å². The Balaban J connectivity index is 1.62. The van der Waals surface area contributed by atoms with E-state index in [0.29, 0.717) is 11.1 Å². The molecule has 0 amide bonds. The molecule has 2 aliphatic heterocycles. The topological polar surface area (TPSA) is 48.9 Å². The van der Waals surface area contributed by atoms with E-state index < -0.39 is 0 Å². The predicted octanol–water partition coefficient (Wildman–Crippen LogP) is 4.08. The summed E-state index contributed by atoms with van der Waals surface area (Å²) in [4.78, 5) is 7.03. The second-order valence-electron chi connectivity index (χ2n) is 8.20. The maximum Gasteiger partial charge on any atom is 0.191 e. The first-order valence-corrected chi connectivity index (χ1v) is 11.5. The van der Waals surface area contributed by atoms with E-state index in [9.17, 15) is 0 Å². The summed E-state index contributed by atoms with van der Waals surface area (Å²) < 4.78 is 5.65. The van der Waals surface area contributed by atoms with Crippen LogP contribution in [-0.4, -0.2) is 63.3 Å². The molecular weight excluding hydrogens is 407 g/mol. The maximum atomic E-state index is 6.59. The zero-order valence-electron chi connectivity index (χ0n) is 17.6. The fourth-order valence-electron chi connectivity index (χ4n) is 4.48. The monoisotopic (exact) mass is 440 g/mol. The molecule has 0 unspecified atom stereocenters. The van der Waals surface area contributed by atoms with E-state index in [0.717, 1.165) is 75.1 Å². The van der Waals surface area contributed by atoms with E-state index in [1.54, 1.807) is 0 Å². The minimum absolute atomic E-state index is 0.0813. The Labute approximate surface area is 185 Å². The number of ether oxygens (including phenoxy) is 1. The molecule has 0 aliphatic carbocycles. The van der Waals surface area contributed by atoms with Crippen LogP contribution in [0.4, 0.5) is 0 Å². The Morgan fingerprint density at radius 3 is 2.59 bits per heavy atom. The smallest absolute Gasteiger partial charge is 0.191 e. The van der Waals surface area contributed by atoms with Gasteiger partial charge in [0.05, 0.1) is 0 Å². The summed E-state index contributed by atoms with van der Waals surface area (Å²) in [5, 5.41) is 8.61. The SMILES string of the molecule is CCCN1CCC(NC(=NC)NCC2(c3ccc(Cl)cc3Cl)CCOCC2)CC1. The summed E-state index contributed by atoms with van der Waals surface area (Å²) in [5.41, 5.74) is 1.06. The van der Waals surface area contributed by atoms with Crippen molar-refractivity contribution in [3.05, 3.63) is 33.8 Å². The highest BCUT2D eigenvalue weighted by atomic mass is 35.5. The lowest BCUT2D eigenvalue weighted by Gasteiger charge is -2.39. The van der Waals surface area contributed by atoms with Crippen molar-refractivity contribution in [1.29, 1.82) is 0 Å². The highest BCUT2D eigenvalue weighted by molar-refractivity contribution is 6.35. The number of aliphatic imine (C=N–C) groups is 1. The average Bonchev–Trinajstić information content (AvgIpc) is 2.73. The molecule has 5 nitrogen and oxygen atoms in total. The highest BCUT2D eigenvalue weighted by Crippen LogP contribution is 2.39. The molecule has 0 atom stereocenters. The number of piperidine rings is 1. The maximum absolute atomic E-state index is 6.59. The molecule has 2 saturated heterocycles. The van der Waals surface area contributed by atoms with Gasteiger partial charge in [-0.2, -0.15) is 0 Å². The Hall–Kier alpha value is -1.01. The molecule has 3 rings (SSSR count). The number of guanidine groups is 1. The van der Waals surface area contributed by atoms with Crippen molar-refractivity contribution >= 4 is 29.2 Å². The van der Waals surface area contributed by atoms with Crippen LogP contribution in [0, 0.1) is 0 Å². The molecule has 0 radical (unpaired) electrons. The Kier molecular flexibility index (Phi) is 8.48. The summed E-state index contributed by atoms with van der Waals surface area (Å²) in [7, 11) is 1.84. The summed E-state index contributed by atoms with van der Waals surface area (Å²) in [6.07, 6.45) is 5.38. The van der Waals surface area contributed by atoms with Crippen molar-refractivity contribution in [2.45, 2.75) is 50.5 Å². The van der Waals surface area contributed by atoms with Crippen molar-refractivity contribution in [3.8, 4) is 0 Å². The molecule has 1 aromatic rings. The molecule has 1 aromatic carbocycles. The van der Waals surface area contributed by atoms with E-state index in [2.05, 4.69) is 33.5 Å². The minimum Gasteiger partial charge on any atom is -0.381 e. The van der Waals surface area contributed by atoms with Crippen LogP contribution in [0.25, 0.3) is 0 Å². The molecule has 0 saturated carbocycles. The van der Waals surface area contributed by atoms with E-state index in [4.69, 9.17) is 27.9 Å². The fraction of sp³-hybridized carbons (Fsp3) is 0.682. The molecule has 2 N–H and O–H groups in total. The van der Waals surface area contributed by atoms with Crippen LogP contribution in [0.1, 0.15) is 44.6 Å². The normalized spacial score (nSPS) is 21.2. The summed E-state index contributed by atoms with van der Waals surface area (Å²) in [5.74, 6) is 0.870. The largest absolute Gasteiger partial charge is 0.381 e. The van der Waals surface area contributed by atoms with E-state index in [-0.39, 0.29) is 5.41 Å². The zero-order valence-corrected chi connectivity index (χ0v) is 19.2. The van der Waals surface area contributed by atoms with Gasteiger partial charge in [0.2, 0.25) is 0 Å². The van der Waals surface area contributed by atoms with Crippen LogP contribution in [-0.2, 0) is 10.2 Å². The Morgan fingerprint density at radius 1 is 1.24 bits per heavy atom. The molecule has 0 aromatic heterocycles. The van der Waals surface area contributed by atoms with Gasteiger partial charge in [0.15, 0.2) is 5.96 Å². The van der Waals surface area contributed by atoms with Crippen LogP contribution < -0.4 is 10.6 Å². The molecule has 0 bridgehead atoms. The first kappa shape index (κ1) is 22.7. The first-order valence-electron chi connectivity index (χ1n) is 10.8. The second-order valence-corrected chi connectivity index (χ2v) is 9.05. The van der Waals surface area contributed by atoms with Crippen LogP contribution in [0.3, 0.4) is 0 Å². The predicted molar refractivity (Wildman–Crippen MR) is 122 cm³/mol. The lowest BCUT2D eigenvalue weighted by molar-refractivity contribution is 0.0514. The van der Waals surface area contributed by atoms with Gasteiger partial charge in [0, 0.05) is 61.4 Å². The number of rotatable bonds is 6. The van der Waals surface area contributed by atoms with Gasteiger partial charge in [-0.1, -0.05) is 36.2 Å². The van der Waals surface area contributed by atoms with Gasteiger partial charge >= 0.3 is 0 Å². The molecule has 2 aliphatic rings. The third-order valence-corrected chi connectivity index (χ3v) is 6.79. The van der Waals surface area contributed by atoms with Crippen molar-refractivity contribution < 1.29 is 4.74 Å². The molecule has 29 heavy (non-hydrogen) atoms. The standard InChI is InChI=1S/C22H34Cl2N4O/c1-3-10-28-11-6-18(7-12-28)27-21(25-2)26-16-22(8-13-29-14-9-22)19-5-4-17(23)15-20(19)24/h4-5,15,18H,3,6-14,16H2,1-2H3,(H2,25,26,27). The number of hydrogen-bond donors (Lipinski definition) is 2. The van der Waals surface area contributed by atoms with Gasteiger partial charge in [-0.15, -0.1) is 0 Å². The highest BCUT2D eigenvalue weighted by Gasteiger charge is 2.36. The van der Waals surface area contributed by atoms with Crippen LogP contribution >= 0.6 is 23.2 Å². The number of benzene rings is 1. The summed E-state index contributed by atoms with van der Waals surface area (Å²) in [6.45, 7) is 8.01. The van der Waals surface area contributed by atoms with Gasteiger partial charge in [-0.25, -0.2) is 0 Å². The van der Waals surface area contributed by atoms with Crippen LogP contribution in [0.5, 0.6) is 0 Å². The van der Waals surface area contributed by atoms with Gasteiger partial charge in [-0.3, -0.25) is 4.99 Å². The quantitative estimate of drug-likeness (QED) is 0.516. The zero-order chi connectivity index (χ0) is 20.7. The Morgan fingerprint density at radius 2 is 1.97 bits per heavy atom. The Bertz CT molecular complexity index is 683. The lowest BCUT2D eigenvalue weighted by atomic mass is 9.74. The van der Waals surface area contributed by atoms with E-state index in [1.807, 2.05) is 19.2 Å². The van der Waals surface area contributed by atoms with Crippen molar-refractivity contribution in [2.75, 3.05) is 46.4 Å². The van der Waals surface area contributed by atoms with Crippen molar-refractivity contribution in [3.63, 3.8) is 0 Å². The van der Waals surface area contributed by atoms with Crippen LogP contribution in [0.2, 0.25) is 10.0 Å². The van der Waals surface area contributed by atoms with E-state index >= 15 is 0 Å². The molecule has 2 fully saturated rings. The van der Waals surface area contributed by atoms with Gasteiger partial charge < -0.3 is 20.3 Å². The summed E-state index contributed by atoms with van der Waals surface area (Å²) in [6, 6.07) is 6.31. The number of halogens is 2. The molecule has 7 heteroatoms. The number of nitrogens with one attached hydrogen (secondary N) is 2. The third-order valence-electron chi connectivity index (χ3n) is 6.24. The van der Waals surface area contributed by atoms with Crippen molar-refractivity contribution in [2.24, 2.45) is 4.99 Å².